The predicted octanol–water partition coefficient (Wildman–Crippen LogP) is 2.09. The van der Waals surface area contributed by atoms with E-state index in [4.69, 9.17) is 9.47 Å². The number of benzene rings is 1. The van der Waals surface area contributed by atoms with Gasteiger partial charge in [0.15, 0.2) is 0 Å². The highest BCUT2D eigenvalue weighted by atomic mass is 32.2. The number of hydrogen-bond acceptors (Lipinski definition) is 5. The number of carbonyl (C=O) groups is 1. The van der Waals surface area contributed by atoms with Crippen molar-refractivity contribution in [2.75, 3.05) is 18.1 Å². The van der Waals surface area contributed by atoms with Gasteiger partial charge in [0.05, 0.1) is 19.1 Å². The molecule has 0 aromatic heterocycles. The van der Waals surface area contributed by atoms with E-state index in [1.165, 1.54) is 7.11 Å². The molecule has 0 aliphatic rings. The highest BCUT2D eigenvalue weighted by Crippen LogP contribution is 2.26. The first-order valence-corrected chi connectivity index (χ1v) is 8.51. The van der Waals surface area contributed by atoms with Crippen molar-refractivity contribution >= 4 is 21.8 Å². The van der Waals surface area contributed by atoms with Gasteiger partial charge in [-0.1, -0.05) is 6.07 Å². The maximum atomic E-state index is 11.6. The van der Waals surface area contributed by atoms with Gasteiger partial charge < -0.3 is 14.8 Å². The maximum absolute atomic E-state index is 11.6. The van der Waals surface area contributed by atoms with Gasteiger partial charge in [0.25, 0.3) is 0 Å². The average Bonchev–Trinajstić information content (AvgIpc) is 2.33. The third-order valence-corrected chi connectivity index (χ3v) is 2.99. The third-order valence-electron chi connectivity index (χ3n) is 2.40. The molecule has 0 unspecified atom stereocenters. The number of sulfonamides is 1. The van der Waals surface area contributed by atoms with Crippen LogP contribution >= 0.6 is 0 Å². The van der Waals surface area contributed by atoms with Crippen molar-refractivity contribution in [3.05, 3.63) is 23.8 Å². The lowest BCUT2D eigenvalue weighted by Gasteiger charge is -2.19. The fourth-order valence-electron chi connectivity index (χ4n) is 1.62. The number of ether oxygens (including phenoxy) is 2. The standard InChI is InChI=1S/C14H22N2O5S/c1-14(2,3)21-13(17)15-9-10-6-7-11(12(8-10)20-4)16-22(5,18)19/h6-8,16H,9H2,1-5H3,(H,15,17). The van der Waals surface area contributed by atoms with Crippen molar-refractivity contribution in [2.45, 2.75) is 32.9 Å². The summed E-state index contributed by atoms with van der Waals surface area (Å²) in [4.78, 5) is 11.6. The van der Waals surface area contributed by atoms with Gasteiger partial charge in [0, 0.05) is 6.54 Å². The van der Waals surface area contributed by atoms with E-state index < -0.39 is 21.7 Å². The van der Waals surface area contributed by atoms with E-state index in [0.717, 1.165) is 11.8 Å². The summed E-state index contributed by atoms with van der Waals surface area (Å²) in [7, 11) is -1.95. The lowest BCUT2D eigenvalue weighted by molar-refractivity contribution is 0.0523. The molecule has 0 radical (unpaired) electrons. The van der Waals surface area contributed by atoms with Gasteiger partial charge in [-0.3, -0.25) is 4.72 Å². The van der Waals surface area contributed by atoms with Crippen molar-refractivity contribution in [3.63, 3.8) is 0 Å². The Morgan fingerprint density at radius 3 is 2.41 bits per heavy atom. The van der Waals surface area contributed by atoms with Gasteiger partial charge >= 0.3 is 6.09 Å². The van der Waals surface area contributed by atoms with E-state index in [1.54, 1.807) is 39.0 Å². The Balaban J connectivity index is 2.76. The minimum absolute atomic E-state index is 0.241. The van der Waals surface area contributed by atoms with Gasteiger partial charge in [0.1, 0.15) is 11.4 Å². The zero-order chi connectivity index (χ0) is 17.0. The van der Waals surface area contributed by atoms with E-state index in [2.05, 4.69) is 10.0 Å². The summed E-state index contributed by atoms with van der Waals surface area (Å²) in [5.74, 6) is 0.369. The number of anilines is 1. The van der Waals surface area contributed by atoms with Crippen LogP contribution in [0.4, 0.5) is 10.5 Å². The molecule has 0 atom stereocenters. The summed E-state index contributed by atoms with van der Waals surface area (Å²) in [5.41, 5.74) is 0.526. The molecule has 1 rings (SSSR count). The van der Waals surface area contributed by atoms with Crippen LogP contribution in [-0.4, -0.2) is 33.5 Å². The Morgan fingerprint density at radius 2 is 1.91 bits per heavy atom. The number of carbonyl (C=O) groups excluding carboxylic acids is 1. The Hall–Kier alpha value is -1.96. The molecule has 0 heterocycles. The second-order valence-corrected chi connectivity index (χ2v) is 7.51. The molecular weight excluding hydrogens is 308 g/mol. The Kier molecular flexibility index (Phi) is 5.65. The molecule has 0 spiro atoms. The molecule has 0 saturated carbocycles. The Morgan fingerprint density at radius 1 is 1.27 bits per heavy atom. The second-order valence-electron chi connectivity index (χ2n) is 5.76. The average molecular weight is 330 g/mol. The molecule has 1 aromatic rings. The molecule has 0 fully saturated rings. The van der Waals surface area contributed by atoms with Crippen LogP contribution in [-0.2, 0) is 21.3 Å². The second kappa shape index (κ2) is 6.87. The SMILES string of the molecule is COc1cc(CNC(=O)OC(C)(C)C)ccc1NS(C)(=O)=O. The molecule has 8 heteroatoms. The molecule has 0 aliphatic heterocycles. The minimum atomic E-state index is -3.39. The Bertz CT molecular complexity index is 635. The third kappa shape index (κ3) is 6.66. The van der Waals surface area contributed by atoms with Crippen molar-refractivity contribution in [1.82, 2.24) is 5.32 Å². The van der Waals surface area contributed by atoms with E-state index in [1.807, 2.05) is 0 Å². The number of amides is 1. The van der Waals surface area contributed by atoms with Crippen molar-refractivity contribution in [2.24, 2.45) is 0 Å². The van der Waals surface area contributed by atoms with Gasteiger partial charge in [-0.2, -0.15) is 0 Å². The van der Waals surface area contributed by atoms with Crippen LogP contribution in [0.1, 0.15) is 26.3 Å². The molecule has 124 valence electrons. The monoisotopic (exact) mass is 330 g/mol. The van der Waals surface area contributed by atoms with Crippen LogP contribution in [0, 0.1) is 0 Å². The Labute approximate surface area is 131 Å². The highest BCUT2D eigenvalue weighted by Gasteiger charge is 2.16. The molecule has 2 N–H and O–H groups in total. The van der Waals surface area contributed by atoms with Crippen LogP contribution in [0.3, 0.4) is 0 Å². The first kappa shape index (κ1) is 18.1. The molecule has 0 bridgehead atoms. The van der Waals surface area contributed by atoms with Crippen LogP contribution in [0.25, 0.3) is 0 Å². The first-order valence-electron chi connectivity index (χ1n) is 6.62. The van der Waals surface area contributed by atoms with E-state index in [-0.39, 0.29) is 6.54 Å². The number of rotatable bonds is 5. The van der Waals surface area contributed by atoms with Crippen LogP contribution < -0.4 is 14.8 Å². The summed E-state index contributed by atoms with van der Waals surface area (Å²) in [6, 6.07) is 4.91. The fourth-order valence-corrected chi connectivity index (χ4v) is 2.19. The fraction of sp³-hybridized carbons (Fsp3) is 0.500. The molecule has 1 amide bonds. The number of hydrogen-bond donors (Lipinski definition) is 2. The van der Waals surface area contributed by atoms with E-state index >= 15 is 0 Å². The summed E-state index contributed by atoms with van der Waals surface area (Å²) < 4.78 is 35.2. The molecular formula is C14H22N2O5S. The van der Waals surface area contributed by atoms with Crippen LogP contribution in [0.15, 0.2) is 18.2 Å². The number of alkyl carbamates (subject to hydrolysis) is 1. The molecule has 7 nitrogen and oxygen atoms in total. The summed E-state index contributed by atoms with van der Waals surface area (Å²) in [5, 5.41) is 2.62. The largest absolute Gasteiger partial charge is 0.495 e. The smallest absolute Gasteiger partial charge is 0.407 e. The topological polar surface area (TPSA) is 93.7 Å². The lowest BCUT2D eigenvalue weighted by atomic mass is 10.2. The normalized spacial score (nSPS) is 11.7. The van der Waals surface area contributed by atoms with Gasteiger partial charge in [-0.15, -0.1) is 0 Å². The lowest BCUT2D eigenvalue weighted by Crippen LogP contribution is -2.32. The van der Waals surface area contributed by atoms with Gasteiger partial charge in [-0.25, -0.2) is 13.2 Å². The summed E-state index contributed by atoms with van der Waals surface area (Å²) >= 11 is 0. The van der Waals surface area contributed by atoms with Gasteiger partial charge in [0.2, 0.25) is 10.0 Å². The minimum Gasteiger partial charge on any atom is -0.495 e. The predicted molar refractivity (Wildman–Crippen MR) is 84.5 cm³/mol. The molecule has 1 aromatic carbocycles. The molecule has 22 heavy (non-hydrogen) atoms. The number of nitrogens with one attached hydrogen (secondary N) is 2. The van der Waals surface area contributed by atoms with E-state index in [0.29, 0.717) is 11.4 Å². The summed E-state index contributed by atoms with van der Waals surface area (Å²) in [6.45, 7) is 5.58. The maximum Gasteiger partial charge on any atom is 0.407 e. The van der Waals surface area contributed by atoms with Crippen molar-refractivity contribution in [1.29, 1.82) is 0 Å². The number of methoxy groups -OCH3 is 1. The van der Waals surface area contributed by atoms with Crippen LogP contribution in [0.2, 0.25) is 0 Å². The van der Waals surface area contributed by atoms with Crippen molar-refractivity contribution < 1.29 is 22.7 Å². The van der Waals surface area contributed by atoms with Crippen molar-refractivity contribution in [3.8, 4) is 5.75 Å². The molecule has 0 saturated heterocycles. The first-order chi connectivity index (χ1) is 10.00. The van der Waals surface area contributed by atoms with Gasteiger partial charge in [-0.05, 0) is 38.5 Å². The zero-order valence-corrected chi connectivity index (χ0v) is 14.2. The zero-order valence-electron chi connectivity index (χ0n) is 13.4. The quantitative estimate of drug-likeness (QED) is 0.862. The molecule has 0 aliphatic carbocycles. The summed E-state index contributed by atoms with van der Waals surface area (Å²) in [6.07, 6.45) is 0.537. The van der Waals surface area contributed by atoms with E-state index in [9.17, 15) is 13.2 Å². The highest BCUT2D eigenvalue weighted by molar-refractivity contribution is 7.92. The van der Waals surface area contributed by atoms with Crippen LogP contribution in [0.5, 0.6) is 5.75 Å².